The zero-order valence-corrected chi connectivity index (χ0v) is 37.8. The van der Waals surface area contributed by atoms with E-state index >= 15 is 0 Å². The molecule has 1 aliphatic carbocycles. The molecule has 9 heteroatoms. The van der Waals surface area contributed by atoms with Crippen LogP contribution in [0.5, 0.6) is 0 Å². The molecular formula is C51H44F2GeIrN4O-2. The molecule has 303 valence electrons. The molecule has 0 N–H and O–H groups in total. The Morgan fingerprint density at radius 2 is 1.62 bits per heavy atom. The molecule has 4 aromatic heterocycles. The zero-order chi connectivity index (χ0) is 45.0. The van der Waals surface area contributed by atoms with Gasteiger partial charge in [0.1, 0.15) is 11.6 Å². The summed E-state index contributed by atoms with van der Waals surface area (Å²) in [4.78, 5) is 14.0. The number of halogens is 2. The van der Waals surface area contributed by atoms with Crippen LogP contribution in [0.25, 0.3) is 72.6 Å². The van der Waals surface area contributed by atoms with E-state index in [1.165, 1.54) is 12.1 Å². The van der Waals surface area contributed by atoms with Crippen molar-refractivity contribution in [3.63, 3.8) is 0 Å². The van der Waals surface area contributed by atoms with Crippen LogP contribution < -0.4 is 4.40 Å². The van der Waals surface area contributed by atoms with Crippen LogP contribution >= 0.6 is 0 Å². The molecule has 1 radical (unpaired) electrons. The van der Waals surface area contributed by atoms with Crippen molar-refractivity contribution >= 4 is 50.8 Å². The van der Waals surface area contributed by atoms with Crippen molar-refractivity contribution in [3.05, 3.63) is 163 Å². The summed E-state index contributed by atoms with van der Waals surface area (Å²) < 4.78 is 78.4. The summed E-state index contributed by atoms with van der Waals surface area (Å²) in [6.45, 7) is -2.19. The molecule has 0 amide bonds. The minimum atomic E-state index is -2.35. The first-order valence-corrected chi connectivity index (χ1v) is 27.2. The fourth-order valence-electron chi connectivity index (χ4n) is 8.04. The molecule has 0 unspecified atom stereocenters. The van der Waals surface area contributed by atoms with E-state index in [4.69, 9.17) is 16.3 Å². The first-order valence-electron chi connectivity index (χ1n) is 22.3. The van der Waals surface area contributed by atoms with Gasteiger partial charge < -0.3 is 8.98 Å². The number of furan rings is 1. The maximum Gasteiger partial charge on any atom is 0 e. The molecule has 0 saturated heterocycles. The summed E-state index contributed by atoms with van der Waals surface area (Å²) in [5, 5.41) is 1.44. The number of imidazole rings is 1. The average molecular weight is 1040 g/mol. The minimum absolute atomic E-state index is 0. The van der Waals surface area contributed by atoms with Crippen LogP contribution in [-0.2, 0) is 26.5 Å². The fraction of sp³-hybridized carbons (Fsp3) is 0.196. The molecule has 1 saturated carbocycles. The Kier molecular flexibility index (Phi) is 10.3. The number of rotatable bonds is 7. The second-order valence-electron chi connectivity index (χ2n) is 16.0. The molecule has 5 aromatic carbocycles. The zero-order valence-electron chi connectivity index (χ0n) is 38.3. The summed E-state index contributed by atoms with van der Waals surface area (Å²) in [5.41, 5.74) is 7.58. The van der Waals surface area contributed by atoms with E-state index in [0.29, 0.717) is 50.5 Å². The van der Waals surface area contributed by atoms with Gasteiger partial charge in [0, 0.05) is 43.4 Å². The van der Waals surface area contributed by atoms with E-state index in [0.717, 1.165) is 63.8 Å². The van der Waals surface area contributed by atoms with Crippen LogP contribution in [0.1, 0.15) is 43.7 Å². The largest absolute Gasteiger partial charge is 0 e. The molecule has 9 aromatic rings. The Hall–Kier alpha value is -5.28. The third kappa shape index (κ3) is 8.38. The van der Waals surface area contributed by atoms with Crippen LogP contribution in [-0.4, -0.2) is 32.8 Å². The number of pyridine rings is 2. The number of benzene rings is 5. The molecule has 10 rings (SSSR count). The standard InChI is InChI=1S/C30H16F2N3O.C21H28GeN.Ir/c31-19-15-18(16-20(32)17-19)22-13-14-33-30-27(22)23-9-6-10-24(28(23)36-30)29-34-25-11-4-5-12-26(25)35(29)21-7-2-1-3-8-21;1-16-8-7-11-18(12-16)21-14-19(13-17-9-5-6-10-17)20(15-23-21)22(2,3)4;/h1-9,11-17H;7-8,12,14-15,17H,5-6,9-10,13H2,1-4H3;/q2*-1;/i;1D3,13D2;. The predicted octanol–water partition coefficient (Wildman–Crippen LogP) is 12.9. The van der Waals surface area contributed by atoms with Crippen molar-refractivity contribution in [2.24, 2.45) is 5.92 Å². The van der Waals surface area contributed by atoms with E-state index < -0.39 is 38.1 Å². The van der Waals surface area contributed by atoms with Gasteiger partial charge in [-0.2, -0.15) is 0 Å². The van der Waals surface area contributed by atoms with Crippen LogP contribution in [0.2, 0.25) is 17.3 Å². The van der Waals surface area contributed by atoms with Crippen LogP contribution in [0, 0.1) is 36.5 Å². The Balaban J connectivity index is 0.000000181. The van der Waals surface area contributed by atoms with E-state index in [1.54, 1.807) is 30.5 Å². The molecule has 1 fully saturated rings. The minimum Gasteiger partial charge on any atom is 0 e. The quantitative estimate of drug-likeness (QED) is 0.118. The average Bonchev–Trinajstić information content (AvgIpc) is 4.05. The first-order chi connectivity index (χ1) is 30.6. The fourth-order valence-corrected chi connectivity index (χ4v) is 11.0. The van der Waals surface area contributed by atoms with Crippen molar-refractivity contribution in [2.75, 3.05) is 0 Å². The monoisotopic (exact) mass is 1040 g/mol. The van der Waals surface area contributed by atoms with Gasteiger partial charge in [-0.15, -0.1) is 18.2 Å². The van der Waals surface area contributed by atoms with Gasteiger partial charge in [0.15, 0.2) is 0 Å². The third-order valence-electron chi connectivity index (χ3n) is 10.8. The predicted molar refractivity (Wildman–Crippen MR) is 238 cm³/mol. The molecular weight excluding hydrogens is 987 g/mol. The summed E-state index contributed by atoms with van der Waals surface area (Å²) in [5.74, 6) is 6.18. The Morgan fingerprint density at radius 3 is 2.38 bits per heavy atom. The van der Waals surface area contributed by atoms with Crippen LogP contribution in [0.15, 0.2) is 132 Å². The van der Waals surface area contributed by atoms with Gasteiger partial charge in [0.05, 0.1) is 22.4 Å². The Morgan fingerprint density at radius 1 is 0.867 bits per heavy atom. The first kappa shape index (κ1) is 35.5. The Labute approximate surface area is 372 Å². The molecule has 4 heterocycles. The molecule has 0 atom stereocenters. The smallest absolute Gasteiger partial charge is 0 e. The number of fused-ring (bicyclic) bond motifs is 4. The second kappa shape index (κ2) is 17.4. The van der Waals surface area contributed by atoms with Crippen LogP contribution in [0.4, 0.5) is 8.78 Å². The van der Waals surface area contributed by atoms with Crippen molar-refractivity contribution in [3.8, 4) is 39.5 Å². The van der Waals surface area contributed by atoms with Crippen molar-refractivity contribution < 1.29 is 40.2 Å². The normalized spacial score (nSPS) is 14.8. The van der Waals surface area contributed by atoms with E-state index in [-0.39, 0.29) is 31.6 Å². The van der Waals surface area contributed by atoms with E-state index in [9.17, 15) is 8.78 Å². The Bertz CT molecular complexity index is 3160. The maximum absolute atomic E-state index is 14.1. The molecule has 0 bridgehead atoms. The van der Waals surface area contributed by atoms with Gasteiger partial charge in [-0.3, -0.25) is 4.98 Å². The molecule has 1 aliphatic rings. The summed E-state index contributed by atoms with van der Waals surface area (Å²) in [6, 6.07) is 39.8. The van der Waals surface area contributed by atoms with Gasteiger partial charge in [-0.1, -0.05) is 41.3 Å². The van der Waals surface area contributed by atoms with E-state index in [2.05, 4.69) is 43.9 Å². The van der Waals surface area contributed by atoms with Gasteiger partial charge in [0.2, 0.25) is 5.71 Å². The molecule has 60 heavy (non-hydrogen) atoms. The van der Waals surface area contributed by atoms with Crippen molar-refractivity contribution in [1.29, 1.82) is 0 Å². The second-order valence-corrected chi connectivity index (χ2v) is 26.5. The topological polar surface area (TPSA) is 56.7 Å². The van der Waals surface area contributed by atoms with Crippen molar-refractivity contribution in [1.82, 2.24) is 19.5 Å². The number of para-hydroxylation sites is 3. The summed E-state index contributed by atoms with van der Waals surface area (Å²) in [7, 11) is 0. The van der Waals surface area contributed by atoms with Crippen molar-refractivity contribution in [2.45, 2.75) is 56.2 Å². The van der Waals surface area contributed by atoms with Gasteiger partial charge >= 0.3 is 151 Å². The third-order valence-corrected chi connectivity index (χ3v) is 15.0. The summed E-state index contributed by atoms with van der Waals surface area (Å²) >= 11 is -2.35. The van der Waals surface area contributed by atoms with Gasteiger partial charge in [-0.05, 0) is 53.6 Å². The number of nitrogens with zero attached hydrogens (tertiary/aromatic N) is 4. The molecule has 5 nitrogen and oxygen atoms in total. The number of aryl methyl sites for hydroxylation is 1. The number of aromatic nitrogens is 4. The number of hydrogen-bond acceptors (Lipinski definition) is 4. The van der Waals surface area contributed by atoms with Gasteiger partial charge in [-0.25, -0.2) is 13.8 Å². The summed E-state index contributed by atoms with van der Waals surface area (Å²) in [6.07, 6.45) is 6.03. The number of hydrogen-bond donors (Lipinski definition) is 0. The molecule has 0 aliphatic heterocycles. The SMILES string of the molecule is Fc1cc(F)cc(-c2ccnc3oc4c(-c5nc6ccccc6n5-c5ccccc5)[c-]ccc4c23)c1.[2H]C([2H])([2H])c1cc[c-]c(-c2cc(C([2H])([2H])C3CCCC3)[c]([Ge]([CH3])([CH3])[CH3])cn2)c1.[Ir]. The molecule has 0 spiro atoms. The van der Waals surface area contributed by atoms with E-state index in [1.807, 2.05) is 79.0 Å². The van der Waals surface area contributed by atoms with Gasteiger partial charge in [0.25, 0.3) is 0 Å². The van der Waals surface area contributed by atoms with Crippen LogP contribution in [0.3, 0.4) is 0 Å². The maximum atomic E-state index is 14.1.